The molecule has 0 fully saturated rings. The number of hydrogen-bond donors (Lipinski definition) is 0. The molecule has 2 aromatic rings. The number of benzene rings is 1. The van der Waals surface area contributed by atoms with Crippen molar-refractivity contribution in [3.05, 3.63) is 56.1 Å². The number of imidazole rings is 1. The number of non-ortho nitro benzene ring substituents is 1. The molecule has 0 amide bonds. The summed E-state index contributed by atoms with van der Waals surface area (Å²) in [7, 11) is 0. The summed E-state index contributed by atoms with van der Waals surface area (Å²) in [5.74, 6) is -1.34. The van der Waals surface area contributed by atoms with E-state index in [0.717, 1.165) is 5.56 Å². The first-order valence-electron chi connectivity index (χ1n) is 5.57. The number of nitro groups is 1. The zero-order valence-corrected chi connectivity index (χ0v) is 12.0. The topological polar surface area (TPSA) is 101 Å². The Labute approximate surface area is 122 Å². The van der Waals surface area contributed by atoms with E-state index in [1.54, 1.807) is 23.6 Å². The molecular formula is C12H9BrN3O4-. The smallest absolute Gasteiger partial charge is 0.269 e. The van der Waals surface area contributed by atoms with Gasteiger partial charge in [-0.05, 0) is 28.4 Å². The van der Waals surface area contributed by atoms with Crippen LogP contribution in [0.3, 0.4) is 0 Å². The van der Waals surface area contributed by atoms with E-state index in [1.807, 2.05) is 0 Å². The van der Waals surface area contributed by atoms with Gasteiger partial charge in [-0.3, -0.25) is 10.1 Å². The Morgan fingerprint density at radius 2 is 2.00 bits per heavy atom. The quantitative estimate of drug-likeness (QED) is 0.617. The van der Waals surface area contributed by atoms with Crippen LogP contribution in [0.4, 0.5) is 5.69 Å². The summed E-state index contributed by atoms with van der Waals surface area (Å²) in [6, 6.07) is 6.02. The van der Waals surface area contributed by atoms with Crippen LogP contribution < -0.4 is 5.11 Å². The standard InChI is InChI=1S/C12H10BrN3O4/c1-7-10(11(17)18)14-12(13)15(7)6-8-2-4-9(5-3-8)16(19)20/h2-5H,6H2,1H3,(H,17,18)/p-1. The Balaban J connectivity index is 2.30. The third-order valence-corrected chi connectivity index (χ3v) is 3.46. The monoisotopic (exact) mass is 338 g/mol. The molecule has 0 aliphatic carbocycles. The number of carboxylic acids is 1. The number of hydrogen-bond acceptors (Lipinski definition) is 5. The third-order valence-electron chi connectivity index (χ3n) is 2.86. The lowest BCUT2D eigenvalue weighted by Crippen LogP contribution is -2.23. The Morgan fingerprint density at radius 1 is 1.40 bits per heavy atom. The summed E-state index contributed by atoms with van der Waals surface area (Å²) >= 11 is 3.18. The fourth-order valence-corrected chi connectivity index (χ4v) is 2.35. The number of carbonyl (C=O) groups is 1. The molecule has 104 valence electrons. The first-order chi connectivity index (χ1) is 9.40. The van der Waals surface area contributed by atoms with Crippen LogP contribution in [0.2, 0.25) is 0 Å². The Hall–Kier alpha value is -2.22. The second-order valence-electron chi connectivity index (χ2n) is 4.11. The second kappa shape index (κ2) is 5.41. The highest BCUT2D eigenvalue weighted by molar-refractivity contribution is 9.10. The Morgan fingerprint density at radius 3 is 2.45 bits per heavy atom. The molecule has 20 heavy (non-hydrogen) atoms. The van der Waals surface area contributed by atoms with Gasteiger partial charge in [0, 0.05) is 24.4 Å². The number of aromatic carboxylic acids is 1. The zero-order chi connectivity index (χ0) is 14.9. The second-order valence-corrected chi connectivity index (χ2v) is 4.82. The van der Waals surface area contributed by atoms with E-state index in [2.05, 4.69) is 20.9 Å². The fourth-order valence-electron chi connectivity index (χ4n) is 1.78. The molecule has 0 saturated carbocycles. The van der Waals surface area contributed by atoms with Crippen molar-refractivity contribution in [1.82, 2.24) is 9.55 Å². The molecule has 8 heteroatoms. The van der Waals surface area contributed by atoms with Gasteiger partial charge in [-0.1, -0.05) is 12.1 Å². The first kappa shape index (κ1) is 14.2. The van der Waals surface area contributed by atoms with Crippen LogP contribution in [0, 0.1) is 17.0 Å². The molecule has 0 aliphatic rings. The third kappa shape index (κ3) is 2.69. The van der Waals surface area contributed by atoms with Crippen LogP contribution >= 0.6 is 15.9 Å². The van der Waals surface area contributed by atoms with Crippen LogP contribution in [0.1, 0.15) is 21.7 Å². The highest BCUT2D eigenvalue weighted by Gasteiger charge is 2.13. The number of aromatic nitrogens is 2. The Bertz CT molecular complexity index is 679. The summed E-state index contributed by atoms with van der Waals surface area (Å²) in [6.07, 6.45) is 0. The van der Waals surface area contributed by atoms with Crippen molar-refractivity contribution in [2.75, 3.05) is 0 Å². The molecule has 7 nitrogen and oxygen atoms in total. The van der Waals surface area contributed by atoms with Gasteiger partial charge < -0.3 is 14.5 Å². The number of carboxylic acid groups (broad SMARTS) is 1. The molecule has 0 bridgehead atoms. The molecule has 0 radical (unpaired) electrons. The molecule has 2 rings (SSSR count). The van der Waals surface area contributed by atoms with Crippen molar-refractivity contribution < 1.29 is 14.8 Å². The molecule has 0 atom stereocenters. The highest BCUT2D eigenvalue weighted by atomic mass is 79.9. The van der Waals surface area contributed by atoms with Gasteiger partial charge in [-0.25, -0.2) is 4.98 Å². The van der Waals surface area contributed by atoms with Gasteiger partial charge in [-0.15, -0.1) is 0 Å². The van der Waals surface area contributed by atoms with Gasteiger partial charge in [-0.2, -0.15) is 0 Å². The summed E-state index contributed by atoms with van der Waals surface area (Å²) < 4.78 is 2.01. The van der Waals surface area contributed by atoms with Crippen LogP contribution in [-0.4, -0.2) is 20.4 Å². The molecule has 0 spiro atoms. The normalized spacial score (nSPS) is 10.5. The number of carbonyl (C=O) groups excluding carboxylic acids is 1. The maximum Gasteiger partial charge on any atom is 0.269 e. The molecule has 1 aromatic carbocycles. The lowest BCUT2D eigenvalue weighted by Gasteiger charge is -2.07. The van der Waals surface area contributed by atoms with Crippen LogP contribution in [0.15, 0.2) is 29.0 Å². The minimum Gasteiger partial charge on any atom is -0.543 e. The van der Waals surface area contributed by atoms with Gasteiger partial charge in [0.2, 0.25) is 0 Å². The predicted molar refractivity (Wildman–Crippen MR) is 71.2 cm³/mol. The van der Waals surface area contributed by atoms with E-state index < -0.39 is 10.9 Å². The summed E-state index contributed by atoms with van der Waals surface area (Å²) in [5, 5.41) is 21.4. The number of nitro benzene ring substituents is 1. The summed E-state index contributed by atoms with van der Waals surface area (Å²) in [6.45, 7) is 1.97. The highest BCUT2D eigenvalue weighted by Crippen LogP contribution is 2.19. The molecule has 0 aliphatic heterocycles. The van der Waals surface area contributed by atoms with Crippen molar-refractivity contribution in [1.29, 1.82) is 0 Å². The van der Waals surface area contributed by atoms with E-state index in [4.69, 9.17) is 0 Å². The molecular weight excluding hydrogens is 330 g/mol. The van der Waals surface area contributed by atoms with Crippen molar-refractivity contribution in [2.45, 2.75) is 13.5 Å². The maximum absolute atomic E-state index is 10.9. The van der Waals surface area contributed by atoms with Crippen molar-refractivity contribution in [2.24, 2.45) is 0 Å². The maximum atomic E-state index is 10.9. The first-order valence-corrected chi connectivity index (χ1v) is 6.36. The van der Waals surface area contributed by atoms with E-state index in [0.29, 0.717) is 17.0 Å². The van der Waals surface area contributed by atoms with Gasteiger partial charge in [0.1, 0.15) is 5.69 Å². The molecule has 1 heterocycles. The van der Waals surface area contributed by atoms with Gasteiger partial charge in [0.05, 0.1) is 10.9 Å². The minimum atomic E-state index is -1.34. The summed E-state index contributed by atoms with van der Waals surface area (Å²) in [4.78, 5) is 24.8. The number of rotatable bonds is 4. The van der Waals surface area contributed by atoms with Crippen LogP contribution in [-0.2, 0) is 6.54 Å². The number of nitrogens with zero attached hydrogens (tertiary/aromatic N) is 3. The van der Waals surface area contributed by atoms with Gasteiger partial charge in [0.15, 0.2) is 4.73 Å². The lowest BCUT2D eigenvalue weighted by atomic mass is 10.2. The average molecular weight is 339 g/mol. The van der Waals surface area contributed by atoms with Gasteiger partial charge in [0.25, 0.3) is 5.69 Å². The fraction of sp³-hybridized carbons (Fsp3) is 0.167. The van der Waals surface area contributed by atoms with E-state index in [9.17, 15) is 20.0 Å². The van der Waals surface area contributed by atoms with E-state index in [-0.39, 0.29) is 11.4 Å². The zero-order valence-electron chi connectivity index (χ0n) is 10.4. The van der Waals surface area contributed by atoms with Crippen molar-refractivity contribution in [3.63, 3.8) is 0 Å². The predicted octanol–water partition coefficient (Wildman–Crippen LogP) is 1.27. The van der Waals surface area contributed by atoms with E-state index in [1.165, 1.54) is 12.1 Å². The Kier molecular flexibility index (Phi) is 3.84. The molecule has 0 N–H and O–H groups in total. The lowest BCUT2D eigenvalue weighted by molar-refractivity contribution is -0.384. The summed E-state index contributed by atoms with van der Waals surface area (Å²) in [5.41, 5.74) is 1.13. The SMILES string of the molecule is Cc1c(C(=O)[O-])nc(Br)n1Cc1ccc([N+](=O)[O-])cc1. The van der Waals surface area contributed by atoms with Gasteiger partial charge >= 0.3 is 0 Å². The minimum absolute atomic E-state index is 0.00518. The largest absolute Gasteiger partial charge is 0.543 e. The van der Waals surface area contributed by atoms with Crippen molar-refractivity contribution in [3.8, 4) is 0 Å². The number of halogens is 1. The van der Waals surface area contributed by atoms with E-state index >= 15 is 0 Å². The molecule has 1 aromatic heterocycles. The van der Waals surface area contributed by atoms with Crippen LogP contribution in [0.25, 0.3) is 0 Å². The molecule has 0 saturated heterocycles. The molecule has 0 unspecified atom stereocenters. The van der Waals surface area contributed by atoms with Crippen LogP contribution in [0.5, 0.6) is 0 Å². The van der Waals surface area contributed by atoms with Crippen molar-refractivity contribution >= 4 is 27.6 Å². The average Bonchev–Trinajstić information content (AvgIpc) is 2.67.